The normalized spacial score (nSPS) is 17.3. The van der Waals surface area contributed by atoms with E-state index >= 15 is 0 Å². The van der Waals surface area contributed by atoms with Crippen LogP contribution < -0.4 is 10.2 Å². The smallest absolute Gasteiger partial charge is 0.221 e. The fourth-order valence-electron chi connectivity index (χ4n) is 3.59. The summed E-state index contributed by atoms with van der Waals surface area (Å²) in [6, 6.07) is 9.84. The van der Waals surface area contributed by atoms with Crippen molar-refractivity contribution in [3.05, 3.63) is 47.8 Å². The molecular weight excluding hydrogens is 378 g/mol. The molecule has 0 atom stereocenters. The number of benzene rings is 1. The molecule has 7 nitrogen and oxygen atoms in total. The van der Waals surface area contributed by atoms with Gasteiger partial charge in [-0.25, -0.2) is 0 Å². The van der Waals surface area contributed by atoms with Crippen LogP contribution in [0.25, 0.3) is 0 Å². The van der Waals surface area contributed by atoms with Crippen molar-refractivity contribution >= 4 is 35.5 Å². The second-order valence-corrected chi connectivity index (χ2v) is 7.97. The lowest BCUT2D eigenvalue weighted by Gasteiger charge is -2.36. The van der Waals surface area contributed by atoms with Crippen LogP contribution in [0.3, 0.4) is 0 Å². The molecule has 2 heterocycles. The summed E-state index contributed by atoms with van der Waals surface area (Å²) in [5.74, 6) is 0.508. The molecule has 7 heteroatoms. The maximum absolute atomic E-state index is 11.6. The molecular formula is C23H27N5O2. The van der Waals surface area contributed by atoms with Crippen LogP contribution >= 0.6 is 0 Å². The van der Waals surface area contributed by atoms with Crippen LogP contribution in [0.1, 0.15) is 35.8 Å². The Balaban J connectivity index is 1.37. The fraction of sp³-hybridized carbons (Fsp3) is 0.391. The third-order valence-corrected chi connectivity index (χ3v) is 5.45. The first-order valence-electron chi connectivity index (χ1n) is 10.4. The van der Waals surface area contributed by atoms with E-state index in [-0.39, 0.29) is 5.91 Å². The van der Waals surface area contributed by atoms with Crippen molar-refractivity contribution in [1.82, 2.24) is 9.88 Å². The zero-order valence-electron chi connectivity index (χ0n) is 17.3. The number of anilines is 2. The van der Waals surface area contributed by atoms with Crippen molar-refractivity contribution in [3.63, 3.8) is 0 Å². The predicted octanol–water partition coefficient (Wildman–Crippen LogP) is 3.29. The van der Waals surface area contributed by atoms with E-state index in [2.05, 4.69) is 31.2 Å². The monoisotopic (exact) mass is 405 g/mol. The Morgan fingerprint density at radius 3 is 2.63 bits per heavy atom. The van der Waals surface area contributed by atoms with Gasteiger partial charge in [-0.15, -0.1) is 0 Å². The maximum Gasteiger partial charge on any atom is 0.221 e. The quantitative estimate of drug-likeness (QED) is 0.565. The Morgan fingerprint density at radius 1 is 1.20 bits per heavy atom. The summed E-state index contributed by atoms with van der Waals surface area (Å²) < 4.78 is 0. The fourth-order valence-corrected chi connectivity index (χ4v) is 3.59. The van der Waals surface area contributed by atoms with E-state index in [9.17, 15) is 9.59 Å². The lowest BCUT2D eigenvalue weighted by molar-refractivity contribution is -0.114. The lowest BCUT2D eigenvalue weighted by atomic mass is 10.1. The van der Waals surface area contributed by atoms with E-state index in [0.29, 0.717) is 11.6 Å². The average molecular weight is 406 g/mol. The van der Waals surface area contributed by atoms with Crippen molar-refractivity contribution < 1.29 is 9.59 Å². The van der Waals surface area contributed by atoms with Crippen LogP contribution in [-0.4, -0.2) is 54.5 Å². The van der Waals surface area contributed by atoms with E-state index < -0.39 is 0 Å². The minimum Gasteiger partial charge on any atom is -0.368 e. The molecule has 1 aliphatic carbocycles. The molecule has 1 aromatic carbocycles. The standard InChI is InChI=1S/C23H27N5O2/c1-17(30)26-23-12-19(4-7-22(23)25-13-18-2-3-18)15-27-8-10-28(11-9-27)21-6-5-20(16-29)24-14-21/h4-7,12-14,16,18H,2-3,8-11,15H2,1H3,(H,26,30)/b25-13+. The maximum atomic E-state index is 11.6. The number of carbonyl (C=O) groups excluding carboxylic acids is 2. The lowest BCUT2D eigenvalue weighted by Crippen LogP contribution is -2.46. The van der Waals surface area contributed by atoms with Crippen molar-refractivity contribution in [2.24, 2.45) is 10.9 Å². The number of carbonyl (C=O) groups is 2. The van der Waals surface area contributed by atoms with Gasteiger partial charge in [-0.05, 0) is 48.6 Å². The average Bonchev–Trinajstić information content (AvgIpc) is 3.58. The Labute approximate surface area is 176 Å². The Morgan fingerprint density at radius 2 is 2.00 bits per heavy atom. The molecule has 2 aliphatic rings. The largest absolute Gasteiger partial charge is 0.368 e. The number of aliphatic imine (C=N–C) groups is 1. The highest BCUT2D eigenvalue weighted by molar-refractivity contribution is 5.92. The van der Waals surface area contributed by atoms with Gasteiger partial charge >= 0.3 is 0 Å². The number of pyridine rings is 1. The number of hydrogen-bond donors (Lipinski definition) is 1. The number of aromatic nitrogens is 1. The minimum absolute atomic E-state index is 0.0853. The van der Waals surface area contributed by atoms with Gasteiger partial charge in [0.1, 0.15) is 5.69 Å². The topological polar surface area (TPSA) is 77.9 Å². The molecule has 1 aromatic heterocycles. The number of rotatable bonds is 7. The molecule has 1 N–H and O–H groups in total. The van der Waals surface area contributed by atoms with Crippen molar-refractivity contribution in [1.29, 1.82) is 0 Å². The summed E-state index contributed by atoms with van der Waals surface area (Å²) in [7, 11) is 0. The number of aldehydes is 1. The highest BCUT2D eigenvalue weighted by Crippen LogP contribution is 2.31. The summed E-state index contributed by atoms with van der Waals surface area (Å²) in [5, 5.41) is 2.92. The Hall–Kier alpha value is -3.06. The van der Waals surface area contributed by atoms with Gasteiger partial charge in [0.2, 0.25) is 5.91 Å². The molecule has 0 spiro atoms. The van der Waals surface area contributed by atoms with Crippen molar-refractivity contribution in [3.8, 4) is 0 Å². The van der Waals surface area contributed by atoms with E-state index in [1.165, 1.54) is 19.8 Å². The first-order chi connectivity index (χ1) is 14.6. The molecule has 156 valence electrons. The van der Waals surface area contributed by atoms with Crippen LogP contribution in [0, 0.1) is 5.92 Å². The molecule has 0 radical (unpaired) electrons. The molecule has 0 bridgehead atoms. The van der Waals surface area contributed by atoms with Gasteiger partial charge in [0.05, 0.1) is 23.3 Å². The van der Waals surface area contributed by atoms with E-state index in [4.69, 9.17) is 0 Å². The Kier molecular flexibility index (Phi) is 6.18. The van der Waals surface area contributed by atoms with E-state index in [0.717, 1.165) is 61.6 Å². The molecule has 1 aliphatic heterocycles. The predicted molar refractivity (Wildman–Crippen MR) is 119 cm³/mol. The van der Waals surface area contributed by atoms with Crippen LogP contribution in [0.5, 0.6) is 0 Å². The molecule has 2 aromatic rings. The van der Waals surface area contributed by atoms with Crippen LogP contribution in [-0.2, 0) is 11.3 Å². The molecule has 4 rings (SSSR count). The SMILES string of the molecule is CC(=O)Nc1cc(CN2CCN(c3ccc(C=O)nc3)CC2)ccc1/N=C/C1CC1. The summed E-state index contributed by atoms with van der Waals surface area (Å²) in [5.41, 5.74) is 4.26. The zero-order valence-corrected chi connectivity index (χ0v) is 17.3. The number of piperazine rings is 1. The highest BCUT2D eigenvalue weighted by atomic mass is 16.1. The first-order valence-corrected chi connectivity index (χ1v) is 10.4. The van der Waals surface area contributed by atoms with Crippen LogP contribution in [0.15, 0.2) is 41.5 Å². The summed E-state index contributed by atoms with van der Waals surface area (Å²) >= 11 is 0. The molecule has 2 fully saturated rings. The van der Waals surface area contributed by atoms with Crippen LogP contribution in [0.2, 0.25) is 0 Å². The number of hydrogen-bond acceptors (Lipinski definition) is 6. The zero-order chi connectivity index (χ0) is 20.9. The molecule has 0 unspecified atom stereocenters. The number of amides is 1. The Bertz CT molecular complexity index is 929. The third kappa shape index (κ3) is 5.30. The molecule has 1 saturated heterocycles. The van der Waals surface area contributed by atoms with Gasteiger partial charge in [0.25, 0.3) is 0 Å². The van der Waals surface area contributed by atoms with Gasteiger partial charge in [0.15, 0.2) is 6.29 Å². The van der Waals surface area contributed by atoms with Crippen LogP contribution in [0.4, 0.5) is 17.1 Å². The van der Waals surface area contributed by atoms with Gasteiger partial charge in [-0.3, -0.25) is 24.5 Å². The number of nitrogens with one attached hydrogen (secondary N) is 1. The second kappa shape index (κ2) is 9.17. The number of nitrogens with zero attached hydrogens (tertiary/aromatic N) is 4. The van der Waals surface area contributed by atoms with Gasteiger partial charge in [-0.1, -0.05) is 6.07 Å². The minimum atomic E-state index is -0.0853. The van der Waals surface area contributed by atoms with E-state index in [1.54, 1.807) is 12.3 Å². The molecule has 1 saturated carbocycles. The van der Waals surface area contributed by atoms with Gasteiger partial charge < -0.3 is 10.2 Å². The first kappa shape index (κ1) is 20.2. The summed E-state index contributed by atoms with van der Waals surface area (Å²) in [4.78, 5) is 35.8. The highest BCUT2D eigenvalue weighted by Gasteiger charge is 2.20. The van der Waals surface area contributed by atoms with Gasteiger partial charge in [-0.2, -0.15) is 0 Å². The molecule has 1 amide bonds. The van der Waals surface area contributed by atoms with E-state index in [1.807, 2.05) is 24.4 Å². The second-order valence-electron chi connectivity index (χ2n) is 7.97. The summed E-state index contributed by atoms with van der Waals surface area (Å²) in [6.07, 6.45) is 6.94. The summed E-state index contributed by atoms with van der Waals surface area (Å²) in [6.45, 7) is 6.04. The van der Waals surface area contributed by atoms with Gasteiger partial charge in [0, 0.05) is 45.9 Å². The molecule has 30 heavy (non-hydrogen) atoms. The van der Waals surface area contributed by atoms with Crippen molar-refractivity contribution in [2.45, 2.75) is 26.3 Å². The third-order valence-electron chi connectivity index (χ3n) is 5.45. The van der Waals surface area contributed by atoms with Crippen molar-refractivity contribution in [2.75, 3.05) is 36.4 Å².